The summed E-state index contributed by atoms with van der Waals surface area (Å²) in [6.45, 7) is 0. The fraction of sp³-hybridized carbons (Fsp3) is 0.0714. The van der Waals surface area contributed by atoms with E-state index in [0.29, 0.717) is 22.6 Å². The summed E-state index contributed by atoms with van der Waals surface area (Å²) in [5, 5.41) is 24.0. The molecule has 23 heavy (non-hydrogen) atoms. The number of nitrogens with one attached hydrogen (secondary N) is 1. The van der Waals surface area contributed by atoms with Crippen LogP contribution in [-0.4, -0.2) is 26.0 Å². The maximum atomic E-state index is 10.8. The van der Waals surface area contributed by atoms with Gasteiger partial charge in [0.25, 0.3) is 5.69 Å². The average molecular weight is 345 g/mol. The average Bonchev–Trinajstić information content (AvgIpc) is 3.17. The highest BCUT2D eigenvalue weighted by molar-refractivity contribution is 7.71. The Balaban J connectivity index is 1.88. The van der Waals surface area contributed by atoms with Gasteiger partial charge in [-0.3, -0.25) is 15.2 Å². The number of aromatic nitrogens is 3. The zero-order valence-corrected chi connectivity index (χ0v) is 13.4. The number of rotatable bonds is 5. The predicted octanol–water partition coefficient (Wildman–Crippen LogP) is 3.38. The lowest BCUT2D eigenvalue weighted by Crippen LogP contribution is -1.99. The molecule has 2 aromatic heterocycles. The molecule has 0 aliphatic heterocycles. The Kier molecular flexibility index (Phi) is 4.40. The number of non-ortho nitro benzene ring substituents is 1. The number of H-pyrrole nitrogens is 1. The third-order valence-corrected chi connectivity index (χ3v) is 4.17. The van der Waals surface area contributed by atoms with Gasteiger partial charge in [-0.25, -0.2) is 0 Å². The van der Waals surface area contributed by atoms with Crippen molar-refractivity contribution >= 4 is 35.5 Å². The van der Waals surface area contributed by atoms with Gasteiger partial charge in [-0.2, -0.15) is 14.9 Å². The van der Waals surface area contributed by atoms with Crippen molar-refractivity contribution in [2.75, 3.05) is 0 Å². The molecule has 3 rings (SSSR count). The molecule has 2 heterocycles. The van der Waals surface area contributed by atoms with E-state index in [-0.39, 0.29) is 5.69 Å². The van der Waals surface area contributed by atoms with E-state index in [1.54, 1.807) is 23.5 Å². The van der Waals surface area contributed by atoms with Gasteiger partial charge in [0.05, 0.1) is 11.1 Å². The highest BCUT2D eigenvalue weighted by atomic mass is 32.1. The van der Waals surface area contributed by atoms with E-state index in [1.165, 1.54) is 23.0 Å². The molecule has 9 heteroatoms. The summed E-state index contributed by atoms with van der Waals surface area (Å²) < 4.78 is 1.90. The minimum Gasteiger partial charge on any atom is -0.258 e. The highest BCUT2D eigenvalue weighted by Gasteiger charge is 2.08. The Labute approximate surface area is 140 Å². The topological polar surface area (TPSA) is 89.1 Å². The molecule has 0 atom stereocenters. The summed E-state index contributed by atoms with van der Waals surface area (Å²) in [5.74, 6) is 0.680. The molecule has 0 saturated carbocycles. The van der Waals surface area contributed by atoms with Crippen molar-refractivity contribution in [3.8, 4) is 0 Å². The van der Waals surface area contributed by atoms with Crippen LogP contribution in [0.15, 0.2) is 46.9 Å². The number of nitrogens with zero attached hydrogens (tertiary/aromatic N) is 4. The van der Waals surface area contributed by atoms with E-state index in [4.69, 9.17) is 12.2 Å². The van der Waals surface area contributed by atoms with Crippen LogP contribution in [0.3, 0.4) is 0 Å². The summed E-state index contributed by atoms with van der Waals surface area (Å²) in [6.07, 6.45) is 2.13. The fourth-order valence-electron chi connectivity index (χ4n) is 1.97. The van der Waals surface area contributed by atoms with E-state index in [0.717, 1.165) is 4.88 Å². The fourth-order valence-corrected chi connectivity index (χ4v) is 2.87. The molecule has 0 radical (unpaired) electrons. The van der Waals surface area contributed by atoms with Gasteiger partial charge in [-0.1, -0.05) is 18.2 Å². The minimum absolute atomic E-state index is 0.0172. The van der Waals surface area contributed by atoms with Gasteiger partial charge < -0.3 is 0 Å². The molecule has 116 valence electrons. The second-order valence-electron chi connectivity index (χ2n) is 4.61. The number of hydrogen-bond acceptors (Lipinski definition) is 6. The van der Waals surface area contributed by atoms with Crippen molar-refractivity contribution in [3.05, 3.63) is 72.9 Å². The van der Waals surface area contributed by atoms with Gasteiger partial charge >= 0.3 is 0 Å². The minimum atomic E-state index is -0.441. The Morgan fingerprint density at radius 2 is 2.30 bits per heavy atom. The number of nitro benzene ring substituents is 1. The van der Waals surface area contributed by atoms with Crippen molar-refractivity contribution in [3.63, 3.8) is 0 Å². The smallest absolute Gasteiger partial charge is 0.258 e. The Morgan fingerprint density at radius 1 is 1.43 bits per heavy atom. The van der Waals surface area contributed by atoms with Gasteiger partial charge in [-0.15, -0.1) is 11.3 Å². The molecule has 3 aromatic rings. The van der Waals surface area contributed by atoms with Crippen molar-refractivity contribution in [2.45, 2.75) is 6.42 Å². The van der Waals surface area contributed by atoms with Crippen molar-refractivity contribution < 1.29 is 4.92 Å². The van der Waals surface area contributed by atoms with Crippen LogP contribution in [-0.2, 0) is 6.42 Å². The molecule has 7 nitrogen and oxygen atoms in total. The van der Waals surface area contributed by atoms with Crippen LogP contribution in [0.5, 0.6) is 0 Å². The molecule has 0 bridgehead atoms. The van der Waals surface area contributed by atoms with Crippen molar-refractivity contribution in [1.82, 2.24) is 14.9 Å². The van der Waals surface area contributed by atoms with E-state index in [9.17, 15) is 10.1 Å². The third kappa shape index (κ3) is 3.58. The van der Waals surface area contributed by atoms with Crippen LogP contribution in [0.4, 0.5) is 5.69 Å². The van der Waals surface area contributed by atoms with Crippen LogP contribution in [0.2, 0.25) is 0 Å². The lowest BCUT2D eigenvalue weighted by Gasteiger charge is -1.99. The van der Waals surface area contributed by atoms with Gasteiger partial charge in [0, 0.05) is 29.0 Å². The second-order valence-corrected chi connectivity index (χ2v) is 6.03. The molecular weight excluding hydrogens is 334 g/mol. The van der Waals surface area contributed by atoms with Crippen molar-refractivity contribution in [1.29, 1.82) is 0 Å². The molecule has 0 aliphatic rings. The lowest BCUT2D eigenvalue weighted by atomic mass is 10.2. The summed E-state index contributed by atoms with van der Waals surface area (Å²) in [4.78, 5) is 11.5. The van der Waals surface area contributed by atoms with E-state index >= 15 is 0 Å². The Bertz CT molecular complexity index is 911. The maximum Gasteiger partial charge on any atom is 0.270 e. The summed E-state index contributed by atoms with van der Waals surface area (Å²) in [6, 6.07) is 10.2. The summed E-state index contributed by atoms with van der Waals surface area (Å²) >= 11 is 6.80. The molecule has 0 amide bonds. The maximum absolute atomic E-state index is 10.8. The number of benzene rings is 1. The first-order valence-corrected chi connectivity index (χ1v) is 7.90. The van der Waals surface area contributed by atoms with Gasteiger partial charge in [0.15, 0.2) is 5.82 Å². The number of nitro groups is 1. The number of aromatic amines is 1. The van der Waals surface area contributed by atoms with Crippen LogP contribution in [0.25, 0.3) is 0 Å². The molecule has 1 N–H and O–H groups in total. The first kappa shape index (κ1) is 15.3. The monoisotopic (exact) mass is 345 g/mol. The van der Waals surface area contributed by atoms with Crippen LogP contribution < -0.4 is 0 Å². The summed E-state index contributed by atoms with van der Waals surface area (Å²) in [7, 11) is 0. The first-order valence-electron chi connectivity index (χ1n) is 6.61. The zero-order chi connectivity index (χ0) is 16.2. The quantitative estimate of drug-likeness (QED) is 0.332. The summed E-state index contributed by atoms with van der Waals surface area (Å²) in [5.41, 5.74) is 0.632. The van der Waals surface area contributed by atoms with Crippen LogP contribution in [0, 0.1) is 14.9 Å². The molecule has 0 saturated heterocycles. The van der Waals surface area contributed by atoms with E-state index in [1.807, 2.05) is 17.5 Å². The normalized spacial score (nSPS) is 11.1. The van der Waals surface area contributed by atoms with E-state index < -0.39 is 4.92 Å². The standard InChI is InChI=1S/C14H11N5O2S2/c20-19(21)11-4-1-3-10(7-11)9-15-18-13(16-17-14(18)22)8-12-5-2-6-23-12/h1-7,9H,8H2,(H,17,22)/b15-9-. The van der Waals surface area contributed by atoms with Crippen LogP contribution >= 0.6 is 23.6 Å². The molecular formula is C14H11N5O2S2. The third-order valence-electron chi connectivity index (χ3n) is 3.03. The SMILES string of the molecule is O=[N+]([O-])c1cccc(/C=N\n2c(Cc3cccs3)n[nH]c2=S)c1. The Hall–Kier alpha value is -2.65. The van der Waals surface area contributed by atoms with Gasteiger partial charge in [0.1, 0.15) is 0 Å². The Morgan fingerprint density at radius 3 is 3.04 bits per heavy atom. The van der Waals surface area contributed by atoms with Gasteiger partial charge in [-0.05, 0) is 23.7 Å². The zero-order valence-electron chi connectivity index (χ0n) is 11.7. The highest BCUT2D eigenvalue weighted by Crippen LogP contribution is 2.14. The van der Waals surface area contributed by atoms with Crippen LogP contribution in [0.1, 0.15) is 16.3 Å². The number of thiophene rings is 1. The predicted molar refractivity (Wildman–Crippen MR) is 90.6 cm³/mol. The molecule has 0 unspecified atom stereocenters. The van der Waals surface area contributed by atoms with Crippen molar-refractivity contribution in [2.24, 2.45) is 5.10 Å². The first-order chi connectivity index (χ1) is 11.1. The molecule has 0 spiro atoms. The number of hydrogen-bond donors (Lipinski definition) is 1. The van der Waals surface area contributed by atoms with E-state index in [2.05, 4.69) is 15.3 Å². The molecule has 0 fully saturated rings. The molecule has 1 aromatic carbocycles. The van der Waals surface area contributed by atoms with Gasteiger partial charge in [0.2, 0.25) is 4.77 Å². The lowest BCUT2D eigenvalue weighted by molar-refractivity contribution is -0.384. The molecule has 0 aliphatic carbocycles. The largest absolute Gasteiger partial charge is 0.270 e. The second kappa shape index (κ2) is 6.63.